The van der Waals surface area contributed by atoms with Crippen molar-refractivity contribution in [1.82, 2.24) is 0 Å². The third kappa shape index (κ3) is 3.05. The van der Waals surface area contributed by atoms with Gasteiger partial charge in [0.2, 0.25) is 0 Å². The van der Waals surface area contributed by atoms with Gasteiger partial charge in [-0.25, -0.2) is 0 Å². The molecule has 0 atom stereocenters. The monoisotopic (exact) mass is 194 g/mol. The van der Waals surface area contributed by atoms with Crippen LogP contribution in [0.15, 0.2) is 23.1 Å². The summed E-state index contributed by atoms with van der Waals surface area (Å²) < 4.78 is 29.6. The van der Waals surface area contributed by atoms with Crippen LogP contribution in [0.5, 0.6) is 5.75 Å². The fraction of sp³-hybridized carbons (Fsp3) is 0.143. The Kier molecular flexibility index (Phi) is 4.01. The zero-order chi connectivity index (χ0) is 9.35. The Morgan fingerprint density at radius 2 is 1.92 bits per heavy atom. The third-order valence-electron chi connectivity index (χ3n) is 1.46. The van der Waals surface area contributed by atoms with E-state index in [0.29, 0.717) is 5.56 Å². The Labute approximate surface area is 88.5 Å². The van der Waals surface area contributed by atoms with E-state index in [1.54, 1.807) is 6.92 Å². The zero-order valence-electron chi connectivity index (χ0n) is 7.31. The van der Waals surface area contributed by atoms with E-state index in [4.69, 9.17) is 4.55 Å². The molecule has 0 amide bonds. The summed E-state index contributed by atoms with van der Waals surface area (Å²) in [6.45, 7) is 1.57. The molecule has 0 radical (unpaired) electrons. The normalized spacial score (nSPS) is 10.6. The maximum absolute atomic E-state index is 10.9. The Balaban J connectivity index is 0.00000144. The number of aryl methyl sites for hydroxylation is 1. The maximum atomic E-state index is 10.9. The molecule has 0 saturated carbocycles. The van der Waals surface area contributed by atoms with Crippen LogP contribution in [0.25, 0.3) is 0 Å². The molecule has 1 aromatic carbocycles. The molecule has 0 fully saturated rings. The van der Waals surface area contributed by atoms with E-state index in [1.165, 1.54) is 12.1 Å². The SMILES string of the molecule is Cc1ccc(S(=O)(=O)O)cc1[O-].[Li+]. The molecular weight excluding hydrogens is 187 g/mol. The molecule has 66 valence electrons. The van der Waals surface area contributed by atoms with E-state index in [1.807, 2.05) is 0 Å². The molecule has 0 saturated heterocycles. The topological polar surface area (TPSA) is 77.4 Å². The predicted octanol–water partition coefficient (Wildman–Crippen LogP) is -2.68. The first-order valence-corrected chi connectivity index (χ1v) is 4.60. The van der Waals surface area contributed by atoms with Gasteiger partial charge in [-0.05, 0) is 19.1 Å². The predicted molar refractivity (Wildman–Crippen MR) is 40.4 cm³/mol. The summed E-state index contributed by atoms with van der Waals surface area (Å²) in [6.07, 6.45) is 0. The quantitative estimate of drug-likeness (QED) is 0.390. The van der Waals surface area contributed by atoms with Gasteiger partial charge in [-0.1, -0.05) is 11.6 Å². The molecule has 0 spiro atoms. The molecule has 0 aromatic heterocycles. The van der Waals surface area contributed by atoms with E-state index < -0.39 is 15.9 Å². The van der Waals surface area contributed by atoms with Crippen LogP contribution in [0.2, 0.25) is 0 Å². The second-order valence-corrected chi connectivity index (χ2v) is 3.82. The molecule has 1 aromatic rings. The van der Waals surface area contributed by atoms with Crippen LogP contribution >= 0.6 is 0 Å². The van der Waals surface area contributed by atoms with Gasteiger partial charge >= 0.3 is 18.9 Å². The van der Waals surface area contributed by atoms with Gasteiger partial charge in [-0.15, -0.1) is 5.75 Å². The Hall–Kier alpha value is -0.473. The summed E-state index contributed by atoms with van der Waals surface area (Å²) in [4.78, 5) is -0.363. The Morgan fingerprint density at radius 1 is 1.38 bits per heavy atom. The standard InChI is InChI=1S/C7H8O4S.Li/c1-5-2-3-6(4-7(5)8)12(9,10)11;/h2-4,8H,1H3,(H,9,10,11);/q;+1/p-1. The van der Waals surface area contributed by atoms with Crippen LogP contribution in [-0.4, -0.2) is 13.0 Å². The number of hydrogen-bond donors (Lipinski definition) is 1. The van der Waals surface area contributed by atoms with Crippen molar-refractivity contribution < 1.29 is 36.9 Å². The number of benzene rings is 1. The fourth-order valence-electron chi connectivity index (χ4n) is 0.741. The van der Waals surface area contributed by atoms with Crippen LogP contribution in [0.3, 0.4) is 0 Å². The van der Waals surface area contributed by atoms with Crippen molar-refractivity contribution >= 4 is 10.1 Å². The van der Waals surface area contributed by atoms with Gasteiger partial charge in [0.05, 0.1) is 4.90 Å². The first-order chi connectivity index (χ1) is 5.41. The van der Waals surface area contributed by atoms with E-state index in [9.17, 15) is 13.5 Å². The van der Waals surface area contributed by atoms with Gasteiger partial charge in [0.25, 0.3) is 10.1 Å². The summed E-state index contributed by atoms with van der Waals surface area (Å²) in [5.41, 5.74) is 0.447. The van der Waals surface area contributed by atoms with Crippen LogP contribution in [-0.2, 0) is 10.1 Å². The fourth-order valence-corrected chi connectivity index (χ4v) is 1.24. The Bertz CT molecular complexity index is 399. The first kappa shape index (κ1) is 12.5. The molecule has 0 heterocycles. The van der Waals surface area contributed by atoms with Crippen LogP contribution in [0.4, 0.5) is 0 Å². The van der Waals surface area contributed by atoms with Crippen molar-refractivity contribution in [1.29, 1.82) is 0 Å². The molecule has 0 aliphatic heterocycles. The zero-order valence-corrected chi connectivity index (χ0v) is 8.13. The van der Waals surface area contributed by atoms with Crippen molar-refractivity contribution in [3.05, 3.63) is 23.8 Å². The van der Waals surface area contributed by atoms with Gasteiger partial charge in [0, 0.05) is 0 Å². The average molecular weight is 194 g/mol. The molecular formula is C7H7LiO4S. The molecule has 0 unspecified atom stereocenters. The molecule has 1 N–H and O–H groups in total. The van der Waals surface area contributed by atoms with E-state index in [0.717, 1.165) is 6.07 Å². The third-order valence-corrected chi connectivity index (χ3v) is 2.31. The van der Waals surface area contributed by atoms with E-state index in [-0.39, 0.29) is 23.8 Å². The molecule has 0 bridgehead atoms. The van der Waals surface area contributed by atoms with Crippen molar-refractivity contribution in [2.24, 2.45) is 0 Å². The minimum Gasteiger partial charge on any atom is -0.872 e. The number of rotatable bonds is 1. The van der Waals surface area contributed by atoms with Crippen molar-refractivity contribution in [3.8, 4) is 5.75 Å². The van der Waals surface area contributed by atoms with E-state index in [2.05, 4.69) is 0 Å². The second kappa shape index (κ2) is 4.16. The minimum absolute atomic E-state index is 0. The van der Waals surface area contributed by atoms with Crippen LogP contribution in [0, 0.1) is 6.92 Å². The van der Waals surface area contributed by atoms with Gasteiger partial charge < -0.3 is 5.11 Å². The molecule has 13 heavy (non-hydrogen) atoms. The van der Waals surface area contributed by atoms with Gasteiger partial charge in [-0.3, -0.25) is 4.55 Å². The largest absolute Gasteiger partial charge is 1.00 e. The smallest absolute Gasteiger partial charge is 0.872 e. The average Bonchev–Trinajstić information content (AvgIpc) is 1.92. The molecule has 6 heteroatoms. The van der Waals surface area contributed by atoms with Gasteiger partial charge in [-0.2, -0.15) is 8.42 Å². The summed E-state index contributed by atoms with van der Waals surface area (Å²) in [7, 11) is -4.24. The second-order valence-electron chi connectivity index (χ2n) is 2.40. The first-order valence-electron chi connectivity index (χ1n) is 3.16. The summed E-state index contributed by atoms with van der Waals surface area (Å²) in [5.74, 6) is -0.398. The maximum Gasteiger partial charge on any atom is 1.00 e. The molecule has 0 aliphatic rings. The summed E-state index contributed by atoms with van der Waals surface area (Å²) in [5, 5.41) is 10.9. The van der Waals surface area contributed by atoms with Crippen LogP contribution in [0.1, 0.15) is 5.56 Å². The van der Waals surface area contributed by atoms with Crippen LogP contribution < -0.4 is 24.0 Å². The summed E-state index contributed by atoms with van der Waals surface area (Å²) >= 11 is 0. The van der Waals surface area contributed by atoms with Crippen molar-refractivity contribution in [3.63, 3.8) is 0 Å². The van der Waals surface area contributed by atoms with Gasteiger partial charge in [0.15, 0.2) is 0 Å². The molecule has 4 nitrogen and oxygen atoms in total. The molecule has 0 aliphatic carbocycles. The van der Waals surface area contributed by atoms with Crippen molar-refractivity contribution in [2.75, 3.05) is 0 Å². The Morgan fingerprint density at radius 3 is 2.31 bits per heavy atom. The number of hydrogen-bond acceptors (Lipinski definition) is 3. The molecule has 1 rings (SSSR count). The van der Waals surface area contributed by atoms with E-state index >= 15 is 0 Å². The van der Waals surface area contributed by atoms with Crippen molar-refractivity contribution in [2.45, 2.75) is 11.8 Å². The minimum atomic E-state index is -4.24. The van der Waals surface area contributed by atoms with Gasteiger partial charge in [0.1, 0.15) is 0 Å². The summed E-state index contributed by atoms with van der Waals surface area (Å²) in [6, 6.07) is 3.43.